The Bertz CT molecular complexity index is 524. The maximum absolute atomic E-state index is 12.0. The Kier molecular flexibility index (Phi) is 5.31. The van der Waals surface area contributed by atoms with Crippen LogP contribution in [0.1, 0.15) is 19.8 Å². The number of hydrogen-bond donors (Lipinski definition) is 1. The Morgan fingerprint density at radius 2 is 1.95 bits per heavy atom. The summed E-state index contributed by atoms with van der Waals surface area (Å²) < 4.78 is 31.0. The van der Waals surface area contributed by atoms with Crippen LogP contribution in [0.2, 0.25) is 0 Å². The van der Waals surface area contributed by atoms with Crippen LogP contribution in [0.4, 0.5) is 0 Å². The second-order valence-electron chi connectivity index (χ2n) is 3.96. The number of hydrogen-bond acceptors (Lipinski definition) is 5. The summed E-state index contributed by atoms with van der Waals surface area (Å²) in [6, 6.07) is 4.45. The number of carboxylic acids is 1. The lowest BCUT2D eigenvalue weighted by Crippen LogP contribution is -2.47. The van der Waals surface area contributed by atoms with E-state index in [1.807, 2.05) is 0 Å². The summed E-state index contributed by atoms with van der Waals surface area (Å²) in [5, 5.41) is 10.8. The van der Waals surface area contributed by atoms with Gasteiger partial charge in [0.25, 0.3) is 0 Å². The second-order valence-corrected chi connectivity index (χ2v) is 5.67. The highest BCUT2D eigenvalue weighted by Gasteiger charge is 2.20. The molecule has 1 aromatic rings. The lowest BCUT2D eigenvalue weighted by Gasteiger charge is -2.19. The van der Waals surface area contributed by atoms with E-state index in [4.69, 9.17) is 4.74 Å². The Labute approximate surface area is 112 Å². The minimum atomic E-state index is -3.88. The highest BCUT2D eigenvalue weighted by Crippen LogP contribution is 2.16. The number of rotatable bonds is 7. The largest absolute Gasteiger partial charge is 0.548 e. The average molecular weight is 286 g/mol. The summed E-state index contributed by atoms with van der Waals surface area (Å²) >= 11 is 0. The number of sulfonamides is 1. The lowest BCUT2D eigenvalue weighted by atomic mass is 10.2. The molecule has 0 fully saturated rings. The predicted molar refractivity (Wildman–Crippen MR) is 67.0 cm³/mol. The molecule has 0 aliphatic carbocycles. The molecule has 1 N–H and O–H groups in total. The molecule has 0 aliphatic rings. The van der Waals surface area contributed by atoms with Crippen molar-refractivity contribution >= 4 is 16.0 Å². The van der Waals surface area contributed by atoms with Gasteiger partial charge in [0.05, 0.1) is 24.0 Å². The lowest BCUT2D eigenvalue weighted by molar-refractivity contribution is -0.308. The van der Waals surface area contributed by atoms with E-state index in [9.17, 15) is 18.3 Å². The van der Waals surface area contributed by atoms with Crippen LogP contribution < -0.4 is 14.6 Å². The maximum Gasteiger partial charge on any atom is 0.241 e. The van der Waals surface area contributed by atoms with E-state index in [-0.39, 0.29) is 11.3 Å². The SMILES string of the molecule is CCCC(NS(=O)(=O)c1ccc(OC)cc1)C(=O)[O-]. The molecule has 0 saturated carbocycles. The summed E-state index contributed by atoms with van der Waals surface area (Å²) in [5.74, 6) is -0.914. The fraction of sp³-hybridized carbons (Fsp3) is 0.417. The highest BCUT2D eigenvalue weighted by molar-refractivity contribution is 7.89. The van der Waals surface area contributed by atoms with E-state index in [0.29, 0.717) is 12.2 Å². The number of carbonyl (C=O) groups is 1. The van der Waals surface area contributed by atoms with Crippen molar-refractivity contribution in [1.82, 2.24) is 4.72 Å². The molecule has 1 rings (SSSR count). The van der Waals surface area contributed by atoms with Gasteiger partial charge in [0.2, 0.25) is 10.0 Å². The molecule has 0 aromatic heterocycles. The van der Waals surface area contributed by atoms with Crippen LogP contribution in [-0.4, -0.2) is 27.5 Å². The van der Waals surface area contributed by atoms with Crippen LogP contribution in [0.25, 0.3) is 0 Å². The maximum atomic E-state index is 12.0. The molecule has 0 saturated heterocycles. The summed E-state index contributed by atoms with van der Waals surface area (Å²) in [5.41, 5.74) is 0. The molecule has 7 heteroatoms. The van der Waals surface area contributed by atoms with Crippen LogP contribution >= 0.6 is 0 Å². The van der Waals surface area contributed by atoms with E-state index in [1.54, 1.807) is 6.92 Å². The second kappa shape index (κ2) is 6.53. The molecule has 0 aliphatic heterocycles. The van der Waals surface area contributed by atoms with E-state index in [1.165, 1.54) is 31.4 Å². The number of ether oxygens (including phenoxy) is 1. The van der Waals surface area contributed by atoms with Gasteiger partial charge in [0.1, 0.15) is 5.75 Å². The molecule has 0 bridgehead atoms. The van der Waals surface area contributed by atoms with Crippen molar-refractivity contribution in [2.24, 2.45) is 0 Å². The molecule has 6 nitrogen and oxygen atoms in total. The highest BCUT2D eigenvalue weighted by atomic mass is 32.2. The molecule has 1 atom stereocenters. The zero-order valence-electron chi connectivity index (χ0n) is 10.8. The van der Waals surface area contributed by atoms with Gasteiger partial charge < -0.3 is 14.6 Å². The number of nitrogens with one attached hydrogen (secondary N) is 1. The molecule has 106 valence electrons. The van der Waals surface area contributed by atoms with Crippen molar-refractivity contribution in [3.05, 3.63) is 24.3 Å². The first-order valence-electron chi connectivity index (χ1n) is 5.78. The third kappa shape index (κ3) is 4.22. The minimum absolute atomic E-state index is 0.0179. The van der Waals surface area contributed by atoms with Crippen molar-refractivity contribution in [1.29, 1.82) is 0 Å². The third-order valence-electron chi connectivity index (χ3n) is 2.53. The average Bonchev–Trinajstić information content (AvgIpc) is 2.38. The number of aliphatic carboxylic acids is 1. The zero-order valence-corrected chi connectivity index (χ0v) is 11.6. The fourth-order valence-corrected chi connectivity index (χ4v) is 2.74. The van der Waals surface area contributed by atoms with Crippen LogP contribution in [-0.2, 0) is 14.8 Å². The number of carbonyl (C=O) groups excluding carboxylic acids is 1. The monoisotopic (exact) mass is 286 g/mol. The smallest absolute Gasteiger partial charge is 0.241 e. The van der Waals surface area contributed by atoms with Gasteiger partial charge in [-0.2, -0.15) is 0 Å². The fourth-order valence-electron chi connectivity index (χ4n) is 1.52. The van der Waals surface area contributed by atoms with Crippen molar-refractivity contribution < 1.29 is 23.1 Å². The number of benzene rings is 1. The minimum Gasteiger partial charge on any atom is -0.548 e. The quantitative estimate of drug-likeness (QED) is 0.754. The van der Waals surface area contributed by atoms with Crippen LogP contribution in [0.15, 0.2) is 29.2 Å². The van der Waals surface area contributed by atoms with Gasteiger partial charge in [0, 0.05) is 0 Å². The van der Waals surface area contributed by atoms with Crippen molar-refractivity contribution in [3.8, 4) is 5.75 Å². The van der Waals surface area contributed by atoms with Crippen molar-refractivity contribution in [3.63, 3.8) is 0 Å². The summed E-state index contributed by atoms with van der Waals surface area (Å²) in [7, 11) is -2.41. The van der Waals surface area contributed by atoms with Gasteiger partial charge in [-0.3, -0.25) is 0 Å². The predicted octanol–water partition coefficient (Wildman–Crippen LogP) is -0.108. The van der Waals surface area contributed by atoms with Gasteiger partial charge in [-0.1, -0.05) is 13.3 Å². The Hall–Kier alpha value is -1.60. The first kappa shape index (κ1) is 15.5. The van der Waals surface area contributed by atoms with Crippen LogP contribution in [0, 0.1) is 0 Å². The third-order valence-corrected chi connectivity index (χ3v) is 4.02. The molecule has 1 unspecified atom stereocenters. The van der Waals surface area contributed by atoms with Gasteiger partial charge in [-0.15, -0.1) is 0 Å². The topological polar surface area (TPSA) is 95.5 Å². The molecule has 0 radical (unpaired) electrons. The van der Waals surface area contributed by atoms with E-state index in [0.717, 1.165) is 0 Å². The van der Waals surface area contributed by atoms with Gasteiger partial charge in [-0.05, 0) is 30.7 Å². The molecular formula is C12H16NO5S-. The summed E-state index contributed by atoms with van der Waals surface area (Å²) in [6.07, 6.45) is 0.710. The van der Waals surface area contributed by atoms with Crippen molar-refractivity contribution in [2.75, 3.05) is 7.11 Å². The normalized spacial score (nSPS) is 12.9. The standard InChI is InChI=1S/C12H17NO5S/c1-3-4-11(12(14)15)13-19(16,17)10-7-5-9(18-2)6-8-10/h5-8,11,13H,3-4H2,1-2H3,(H,14,15)/p-1. The first-order chi connectivity index (χ1) is 8.90. The molecule has 1 aromatic carbocycles. The van der Waals surface area contributed by atoms with Gasteiger partial charge in [-0.25, -0.2) is 13.1 Å². The summed E-state index contributed by atoms with van der Waals surface area (Å²) in [4.78, 5) is 10.8. The molecule has 0 heterocycles. The molecule has 19 heavy (non-hydrogen) atoms. The van der Waals surface area contributed by atoms with Gasteiger partial charge in [0.15, 0.2) is 0 Å². The number of methoxy groups -OCH3 is 1. The van der Waals surface area contributed by atoms with E-state index < -0.39 is 22.0 Å². The molecular weight excluding hydrogens is 270 g/mol. The van der Waals surface area contributed by atoms with E-state index in [2.05, 4.69) is 4.72 Å². The van der Waals surface area contributed by atoms with E-state index >= 15 is 0 Å². The Balaban J connectivity index is 2.92. The number of carboxylic acid groups (broad SMARTS) is 1. The summed E-state index contributed by atoms with van der Waals surface area (Å²) in [6.45, 7) is 1.76. The van der Waals surface area contributed by atoms with Crippen LogP contribution in [0.3, 0.4) is 0 Å². The Morgan fingerprint density at radius 1 is 1.37 bits per heavy atom. The molecule has 0 spiro atoms. The Morgan fingerprint density at radius 3 is 2.37 bits per heavy atom. The zero-order chi connectivity index (χ0) is 14.5. The van der Waals surface area contributed by atoms with Crippen molar-refractivity contribution in [2.45, 2.75) is 30.7 Å². The van der Waals surface area contributed by atoms with Crippen LogP contribution in [0.5, 0.6) is 5.75 Å². The van der Waals surface area contributed by atoms with Gasteiger partial charge >= 0.3 is 0 Å². The first-order valence-corrected chi connectivity index (χ1v) is 7.26. The molecule has 0 amide bonds.